The number of hydrogen-bond donors (Lipinski definition) is 1. The Morgan fingerprint density at radius 3 is 2.00 bits per heavy atom. The molecule has 0 amide bonds. The smallest absolute Gasteiger partial charge is 0.0244 e. The Morgan fingerprint density at radius 2 is 1.56 bits per heavy atom. The standard InChI is InChI=1S/C13H29N3/c1-11(2)13(10-14-12(3)4)16-8-6-15(5)7-9-16/h11-14H,6-10H2,1-5H3. The second kappa shape index (κ2) is 6.58. The average molecular weight is 227 g/mol. The SMILES string of the molecule is CC(C)NCC(C(C)C)N1CCN(C)CC1. The van der Waals surface area contributed by atoms with E-state index in [0.29, 0.717) is 12.1 Å². The van der Waals surface area contributed by atoms with Crippen molar-refractivity contribution in [1.29, 1.82) is 0 Å². The highest BCUT2D eigenvalue weighted by Crippen LogP contribution is 2.12. The summed E-state index contributed by atoms with van der Waals surface area (Å²) in [6.45, 7) is 15.1. The van der Waals surface area contributed by atoms with Crippen LogP contribution >= 0.6 is 0 Å². The Balaban J connectivity index is 2.43. The van der Waals surface area contributed by atoms with E-state index < -0.39 is 0 Å². The number of piperazine rings is 1. The molecule has 1 aliphatic rings. The summed E-state index contributed by atoms with van der Waals surface area (Å²) in [5.41, 5.74) is 0. The van der Waals surface area contributed by atoms with E-state index in [-0.39, 0.29) is 0 Å². The van der Waals surface area contributed by atoms with E-state index in [2.05, 4.69) is 49.9 Å². The van der Waals surface area contributed by atoms with Gasteiger partial charge in [0.15, 0.2) is 0 Å². The van der Waals surface area contributed by atoms with Crippen molar-refractivity contribution in [3.63, 3.8) is 0 Å². The van der Waals surface area contributed by atoms with Crippen molar-refractivity contribution in [1.82, 2.24) is 15.1 Å². The Labute approximate surface area is 101 Å². The Kier molecular flexibility index (Phi) is 5.73. The van der Waals surface area contributed by atoms with E-state index in [1.54, 1.807) is 0 Å². The van der Waals surface area contributed by atoms with Crippen molar-refractivity contribution in [2.24, 2.45) is 5.92 Å². The molecule has 0 radical (unpaired) electrons. The van der Waals surface area contributed by atoms with Gasteiger partial charge < -0.3 is 10.2 Å². The van der Waals surface area contributed by atoms with Gasteiger partial charge in [0.25, 0.3) is 0 Å². The first-order valence-corrected chi connectivity index (χ1v) is 6.66. The van der Waals surface area contributed by atoms with Gasteiger partial charge in [0.2, 0.25) is 0 Å². The summed E-state index contributed by atoms with van der Waals surface area (Å²) >= 11 is 0. The number of rotatable bonds is 5. The first-order chi connectivity index (χ1) is 7.50. The van der Waals surface area contributed by atoms with Crippen molar-refractivity contribution in [3.8, 4) is 0 Å². The first-order valence-electron chi connectivity index (χ1n) is 6.66. The molecular formula is C13H29N3. The summed E-state index contributed by atoms with van der Waals surface area (Å²) in [6, 6.07) is 1.28. The number of nitrogens with zero attached hydrogens (tertiary/aromatic N) is 2. The molecule has 0 aliphatic carbocycles. The van der Waals surface area contributed by atoms with Crippen molar-refractivity contribution in [3.05, 3.63) is 0 Å². The summed E-state index contributed by atoms with van der Waals surface area (Å²) in [5, 5.41) is 3.58. The van der Waals surface area contributed by atoms with E-state index >= 15 is 0 Å². The summed E-state index contributed by atoms with van der Waals surface area (Å²) in [6.07, 6.45) is 0. The fourth-order valence-corrected chi connectivity index (χ4v) is 2.30. The quantitative estimate of drug-likeness (QED) is 0.763. The average Bonchev–Trinajstić information content (AvgIpc) is 2.20. The highest BCUT2D eigenvalue weighted by atomic mass is 15.3. The van der Waals surface area contributed by atoms with Crippen LogP contribution in [0.4, 0.5) is 0 Å². The lowest BCUT2D eigenvalue weighted by Gasteiger charge is -2.40. The van der Waals surface area contributed by atoms with Crippen LogP contribution < -0.4 is 5.32 Å². The largest absolute Gasteiger partial charge is 0.313 e. The Morgan fingerprint density at radius 1 is 1.00 bits per heavy atom. The van der Waals surface area contributed by atoms with Crippen molar-refractivity contribution in [2.75, 3.05) is 39.8 Å². The maximum atomic E-state index is 3.58. The molecule has 1 atom stereocenters. The molecule has 1 fully saturated rings. The second-order valence-corrected chi connectivity index (χ2v) is 5.71. The molecule has 3 heteroatoms. The lowest BCUT2D eigenvalue weighted by Crippen LogP contribution is -2.54. The molecule has 1 aliphatic heterocycles. The fraction of sp³-hybridized carbons (Fsp3) is 1.00. The lowest BCUT2D eigenvalue weighted by molar-refractivity contribution is 0.0866. The van der Waals surface area contributed by atoms with Gasteiger partial charge in [-0.05, 0) is 13.0 Å². The zero-order chi connectivity index (χ0) is 12.1. The molecule has 0 aromatic rings. The van der Waals surface area contributed by atoms with Crippen molar-refractivity contribution in [2.45, 2.75) is 39.8 Å². The molecule has 0 bridgehead atoms. The van der Waals surface area contributed by atoms with Crippen LogP contribution in [0.25, 0.3) is 0 Å². The fourth-order valence-electron chi connectivity index (χ4n) is 2.30. The first kappa shape index (κ1) is 13.9. The molecule has 1 rings (SSSR count). The summed E-state index contributed by atoms with van der Waals surface area (Å²) in [4.78, 5) is 5.07. The minimum Gasteiger partial charge on any atom is -0.313 e. The highest BCUT2D eigenvalue weighted by Gasteiger charge is 2.24. The van der Waals surface area contributed by atoms with Gasteiger partial charge in [-0.2, -0.15) is 0 Å². The molecule has 1 saturated heterocycles. The molecule has 1 unspecified atom stereocenters. The molecule has 0 saturated carbocycles. The van der Waals surface area contributed by atoms with Crippen LogP contribution in [0.1, 0.15) is 27.7 Å². The van der Waals surface area contributed by atoms with E-state index in [4.69, 9.17) is 0 Å². The molecule has 0 spiro atoms. The summed E-state index contributed by atoms with van der Waals surface area (Å²) in [7, 11) is 2.22. The maximum Gasteiger partial charge on any atom is 0.0244 e. The third-order valence-electron chi connectivity index (χ3n) is 3.51. The normalized spacial score (nSPS) is 21.9. The van der Waals surface area contributed by atoms with E-state index in [9.17, 15) is 0 Å². The zero-order valence-corrected chi connectivity index (χ0v) is 11.7. The number of likely N-dealkylation sites (N-methyl/N-ethyl adjacent to an activating group) is 1. The van der Waals surface area contributed by atoms with Gasteiger partial charge in [-0.1, -0.05) is 27.7 Å². The second-order valence-electron chi connectivity index (χ2n) is 5.71. The van der Waals surface area contributed by atoms with Crippen molar-refractivity contribution < 1.29 is 0 Å². The van der Waals surface area contributed by atoms with Gasteiger partial charge in [0, 0.05) is 44.8 Å². The molecule has 1 N–H and O–H groups in total. The Bertz CT molecular complexity index is 184. The van der Waals surface area contributed by atoms with E-state index in [1.165, 1.54) is 26.2 Å². The van der Waals surface area contributed by atoms with E-state index in [0.717, 1.165) is 12.5 Å². The van der Waals surface area contributed by atoms with Gasteiger partial charge in [-0.25, -0.2) is 0 Å². The van der Waals surface area contributed by atoms with Crippen LogP contribution in [0.5, 0.6) is 0 Å². The molecule has 0 aromatic heterocycles. The minimum atomic E-state index is 0.591. The van der Waals surface area contributed by atoms with Crippen LogP contribution in [-0.2, 0) is 0 Å². The molecule has 0 aromatic carbocycles. The van der Waals surface area contributed by atoms with Gasteiger partial charge in [-0.3, -0.25) is 4.90 Å². The van der Waals surface area contributed by atoms with E-state index in [1.807, 2.05) is 0 Å². The molecule has 3 nitrogen and oxygen atoms in total. The van der Waals surface area contributed by atoms with Crippen LogP contribution in [0.2, 0.25) is 0 Å². The van der Waals surface area contributed by atoms with Gasteiger partial charge in [0.05, 0.1) is 0 Å². The summed E-state index contributed by atoms with van der Waals surface area (Å²) in [5.74, 6) is 0.731. The topological polar surface area (TPSA) is 18.5 Å². The van der Waals surface area contributed by atoms with Crippen LogP contribution in [-0.4, -0.2) is 61.7 Å². The highest BCUT2D eigenvalue weighted by molar-refractivity contribution is 4.81. The predicted octanol–water partition coefficient (Wildman–Crippen LogP) is 1.26. The maximum absolute atomic E-state index is 3.58. The summed E-state index contributed by atoms with van der Waals surface area (Å²) < 4.78 is 0. The van der Waals surface area contributed by atoms with Gasteiger partial charge in [-0.15, -0.1) is 0 Å². The van der Waals surface area contributed by atoms with Crippen molar-refractivity contribution >= 4 is 0 Å². The predicted molar refractivity (Wildman–Crippen MR) is 70.8 cm³/mol. The van der Waals surface area contributed by atoms with Crippen LogP contribution in [0.15, 0.2) is 0 Å². The molecular weight excluding hydrogens is 198 g/mol. The molecule has 1 heterocycles. The van der Waals surface area contributed by atoms with Gasteiger partial charge in [0.1, 0.15) is 0 Å². The zero-order valence-electron chi connectivity index (χ0n) is 11.7. The van der Waals surface area contributed by atoms with Crippen LogP contribution in [0, 0.1) is 5.92 Å². The third-order valence-corrected chi connectivity index (χ3v) is 3.51. The number of nitrogens with one attached hydrogen (secondary N) is 1. The van der Waals surface area contributed by atoms with Gasteiger partial charge >= 0.3 is 0 Å². The number of hydrogen-bond acceptors (Lipinski definition) is 3. The van der Waals surface area contributed by atoms with Crippen LogP contribution in [0.3, 0.4) is 0 Å². The lowest BCUT2D eigenvalue weighted by atomic mass is 10.0. The monoisotopic (exact) mass is 227 g/mol. The third kappa shape index (κ3) is 4.40. The minimum absolute atomic E-state index is 0.591. The molecule has 16 heavy (non-hydrogen) atoms. The molecule has 96 valence electrons. The Hall–Kier alpha value is -0.120.